The van der Waals surface area contributed by atoms with E-state index in [4.69, 9.17) is 15.2 Å². The molecule has 0 saturated carbocycles. The van der Waals surface area contributed by atoms with Crippen LogP contribution in [0.4, 0.5) is 5.69 Å². The van der Waals surface area contributed by atoms with Gasteiger partial charge < -0.3 is 19.9 Å². The van der Waals surface area contributed by atoms with Gasteiger partial charge in [0.25, 0.3) is 0 Å². The van der Waals surface area contributed by atoms with Crippen molar-refractivity contribution >= 4 is 11.7 Å². The molecule has 0 aliphatic heterocycles. The van der Waals surface area contributed by atoms with Crippen LogP contribution in [0.5, 0.6) is 11.5 Å². The Morgan fingerprint density at radius 3 is 2.38 bits per heavy atom. The van der Waals surface area contributed by atoms with Gasteiger partial charge in [-0.2, -0.15) is 0 Å². The molecule has 110 valence electrons. The largest absolute Gasteiger partial charge is 0.495 e. The van der Waals surface area contributed by atoms with E-state index in [1.807, 2.05) is 12.1 Å². The molecule has 0 saturated heterocycles. The van der Waals surface area contributed by atoms with E-state index >= 15 is 0 Å². The molecule has 0 amide bonds. The van der Waals surface area contributed by atoms with Crippen LogP contribution in [-0.4, -0.2) is 20.2 Å². The molecular formula is C16H17NO4. The maximum Gasteiger partial charge on any atom is 0.337 e. The Labute approximate surface area is 123 Å². The number of carbonyl (C=O) groups excluding carboxylic acids is 1. The molecule has 0 radical (unpaired) electrons. The Hall–Kier alpha value is -2.69. The summed E-state index contributed by atoms with van der Waals surface area (Å²) in [4.78, 5) is 11.3. The van der Waals surface area contributed by atoms with Gasteiger partial charge in [0, 0.05) is 6.07 Å². The Kier molecular flexibility index (Phi) is 4.66. The van der Waals surface area contributed by atoms with Crippen LogP contribution in [0.3, 0.4) is 0 Å². The van der Waals surface area contributed by atoms with Crippen LogP contribution in [0.15, 0.2) is 42.5 Å². The van der Waals surface area contributed by atoms with Crippen molar-refractivity contribution in [3.05, 3.63) is 53.6 Å². The minimum Gasteiger partial charge on any atom is -0.495 e. The number of esters is 1. The summed E-state index contributed by atoms with van der Waals surface area (Å²) < 4.78 is 15.4. The van der Waals surface area contributed by atoms with Crippen LogP contribution < -0.4 is 15.2 Å². The van der Waals surface area contributed by atoms with E-state index in [-0.39, 0.29) is 5.97 Å². The molecule has 0 aliphatic rings. The summed E-state index contributed by atoms with van der Waals surface area (Å²) in [7, 11) is 2.92. The molecule has 2 aromatic carbocycles. The number of nitrogen functional groups attached to an aromatic ring is 1. The fraction of sp³-hybridized carbons (Fsp3) is 0.188. The molecule has 0 unspecified atom stereocenters. The molecule has 0 fully saturated rings. The predicted octanol–water partition coefficient (Wildman–Crippen LogP) is 2.64. The first-order chi connectivity index (χ1) is 10.1. The highest BCUT2D eigenvalue weighted by molar-refractivity contribution is 5.89. The average molecular weight is 287 g/mol. The van der Waals surface area contributed by atoms with Crippen LogP contribution >= 0.6 is 0 Å². The summed E-state index contributed by atoms with van der Waals surface area (Å²) in [5.74, 6) is 0.917. The molecule has 21 heavy (non-hydrogen) atoms. The molecule has 0 heterocycles. The van der Waals surface area contributed by atoms with Crippen LogP contribution in [0.25, 0.3) is 0 Å². The third-order valence-electron chi connectivity index (χ3n) is 2.98. The quantitative estimate of drug-likeness (QED) is 0.676. The molecule has 2 aromatic rings. The topological polar surface area (TPSA) is 70.8 Å². The van der Waals surface area contributed by atoms with Gasteiger partial charge in [0.05, 0.1) is 25.5 Å². The number of benzene rings is 2. The van der Waals surface area contributed by atoms with Gasteiger partial charge in [0.2, 0.25) is 0 Å². The fourth-order valence-corrected chi connectivity index (χ4v) is 1.82. The van der Waals surface area contributed by atoms with Crippen LogP contribution in [0.1, 0.15) is 15.9 Å². The molecule has 0 atom stereocenters. The predicted molar refractivity (Wildman–Crippen MR) is 79.5 cm³/mol. The first-order valence-electron chi connectivity index (χ1n) is 6.37. The average Bonchev–Trinajstić information content (AvgIpc) is 2.52. The molecule has 0 aliphatic carbocycles. The Morgan fingerprint density at radius 2 is 1.81 bits per heavy atom. The fourth-order valence-electron chi connectivity index (χ4n) is 1.82. The minimum atomic E-state index is -0.356. The molecule has 0 bridgehead atoms. The lowest BCUT2D eigenvalue weighted by Crippen LogP contribution is -2.02. The highest BCUT2D eigenvalue weighted by Gasteiger charge is 2.05. The van der Waals surface area contributed by atoms with Crippen LogP contribution in [-0.2, 0) is 11.3 Å². The summed E-state index contributed by atoms with van der Waals surface area (Å²) in [6.45, 7) is 0.382. The summed E-state index contributed by atoms with van der Waals surface area (Å²) in [6.07, 6.45) is 0. The summed E-state index contributed by atoms with van der Waals surface area (Å²) >= 11 is 0. The molecule has 2 N–H and O–H groups in total. The van der Waals surface area contributed by atoms with Crippen LogP contribution in [0, 0.1) is 0 Å². The second kappa shape index (κ2) is 6.65. The number of carbonyl (C=O) groups is 1. The monoisotopic (exact) mass is 287 g/mol. The van der Waals surface area contributed by atoms with Gasteiger partial charge in [-0.3, -0.25) is 0 Å². The van der Waals surface area contributed by atoms with Crippen molar-refractivity contribution in [1.29, 1.82) is 0 Å². The van der Waals surface area contributed by atoms with E-state index in [1.165, 1.54) is 7.11 Å². The van der Waals surface area contributed by atoms with Gasteiger partial charge in [-0.1, -0.05) is 12.1 Å². The maximum atomic E-state index is 11.3. The van der Waals surface area contributed by atoms with Crippen molar-refractivity contribution in [2.45, 2.75) is 6.61 Å². The first kappa shape index (κ1) is 14.7. The second-order valence-corrected chi connectivity index (χ2v) is 4.38. The highest BCUT2D eigenvalue weighted by Crippen LogP contribution is 2.26. The number of hydrogen-bond donors (Lipinski definition) is 1. The minimum absolute atomic E-state index is 0.356. The lowest BCUT2D eigenvalue weighted by Gasteiger charge is -2.09. The van der Waals surface area contributed by atoms with E-state index in [2.05, 4.69) is 4.74 Å². The van der Waals surface area contributed by atoms with Crippen molar-refractivity contribution in [3.63, 3.8) is 0 Å². The molecular weight excluding hydrogens is 270 g/mol. The standard InChI is InChI=1S/C16H17NO4/c1-19-15-8-7-13(9-14(15)17)21-10-11-3-5-12(6-4-11)16(18)20-2/h3-9H,10,17H2,1-2H3. The van der Waals surface area contributed by atoms with Crippen molar-refractivity contribution in [3.8, 4) is 11.5 Å². The Balaban J connectivity index is 1.99. The third kappa shape index (κ3) is 3.66. The van der Waals surface area contributed by atoms with Gasteiger partial charge in [0.1, 0.15) is 18.1 Å². The number of anilines is 1. The van der Waals surface area contributed by atoms with E-state index in [1.54, 1.807) is 37.4 Å². The Morgan fingerprint density at radius 1 is 1.10 bits per heavy atom. The third-order valence-corrected chi connectivity index (χ3v) is 2.98. The second-order valence-electron chi connectivity index (χ2n) is 4.38. The normalized spacial score (nSPS) is 10.0. The van der Waals surface area contributed by atoms with E-state index in [0.29, 0.717) is 29.4 Å². The molecule has 0 spiro atoms. The zero-order valence-corrected chi connectivity index (χ0v) is 12.0. The van der Waals surface area contributed by atoms with Crippen molar-refractivity contribution in [2.75, 3.05) is 20.0 Å². The van der Waals surface area contributed by atoms with Gasteiger partial charge in [-0.05, 0) is 29.8 Å². The van der Waals surface area contributed by atoms with Crippen molar-refractivity contribution < 1.29 is 19.0 Å². The number of nitrogens with two attached hydrogens (primary N) is 1. The van der Waals surface area contributed by atoms with Crippen molar-refractivity contribution in [1.82, 2.24) is 0 Å². The molecule has 5 heteroatoms. The number of methoxy groups -OCH3 is 2. The van der Waals surface area contributed by atoms with Gasteiger partial charge in [-0.25, -0.2) is 4.79 Å². The van der Waals surface area contributed by atoms with E-state index in [0.717, 1.165) is 5.56 Å². The lowest BCUT2D eigenvalue weighted by molar-refractivity contribution is 0.0600. The SMILES string of the molecule is COC(=O)c1ccc(COc2ccc(OC)c(N)c2)cc1. The van der Waals surface area contributed by atoms with E-state index in [9.17, 15) is 4.79 Å². The number of ether oxygens (including phenoxy) is 3. The zero-order chi connectivity index (χ0) is 15.2. The molecule has 2 rings (SSSR count). The van der Waals surface area contributed by atoms with Crippen LogP contribution in [0.2, 0.25) is 0 Å². The van der Waals surface area contributed by atoms with Crippen molar-refractivity contribution in [2.24, 2.45) is 0 Å². The molecule has 5 nitrogen and oxygen atoms in total. The van der Waals surface area contributed by atoms with Gasteiger partial charge >= 0.3 is 5.97 Å². The van der Waals surface area contributed by atoms with Gasteiger partial charge in [-0.15, -0.1) is 0 Å². The first-order valence-corrected chi connectivity index (χ1v) is 6.37. The zero-order valence-electron chi connectivity index (χ0n) is 12.0. The maximum absolute atomic E-state index is 11.3. The van der Waals surface area contributed by atoms with Gasteiger partial charge in [0.15, 0.2) is 0 Å². The van der Waals surface area contributed by atoms with E-state index < -0.39 is 0 Å². The summed E-state index contributed by atoms with van der Waals surface area (Å²) in [6, 6.07) is 12.3. The summed E-state index contributed by atoms with van der Waals surface area (Å²) in [5.41, 5.74) is 7.79. The molecule has 0 aromatic heterocycles. The Bertz CT molecular complexity index is 623. The summed E-state index contributed by atoms with van der Waals surface area (Å²) in [5, 5.41) is 0. The lowest BCUT2D eigenvalue weighted by atomic mass is 10.1. The number of rotatable bonds is 5. The number of hydrogen-bond acceptors (Lipinski definition) is 5. The smallest absolute Gasteiger partial charge is 0.337 e. The highest BCUT2D eigenvalue weighted by atomic mass is 16.5.